The van der Waals surface area contributed by atoms with Crippen LogP contribution in [0.15, 0.2) is 36.4 Å². The molecule has 29 heavy (non-hydrogen) atoms. The van der Waals surface area contributed by atoms with E-state index in [-0.39, 0.29) is 17.9 Å². The summed E-state index contributed by atoms with van der Waals surface area (Å²) < 4.78 is 5.28. The summed E-state index contributed by atoms with van der Waals surface area (Å²) in [5.41, 5.74) is 4.54. The van der Waals surface area contributed by atoms with E-state index in [1.807, 2.05) is 52.2 Å². The average Bonchev–Trinajstić information content (AvgIpc) is 2.71. The van der Waals surface area contributed by atoms with Gasteiger partial charge in [-0.1, -0.05) is 12.1 Å². The Morgan fingerprint density at radius 1 is 1.07 bits per heavy atom. The first-order valence-electron chi connectivity index (χ1n) is 9.68. The van der Waals surface area contributed by atoms with E-state index in [9.17, 15) is 9.59 Å². The highest BCUT2D eigenvalue weighted by molar-refractivity contribution is 5.97. The monoisotopic (exact) mass is 397 g/mol. The topological polar surface area (TPSA) is 70.7 Å². The molecule has 0 aliphatic heterocycles. The lowest BCUT2D eigenvalue weighted by Gasteiger charge is -2.26. The van der Waals surface area contributed by atoms with Gasteiger partial charge in [-0.3, -0.25) is 9.59 Å². The second-order valence-corrected chi connectivity index (χ2v) is 7.40. The van der Waals surface area contributed by atoms with Gasteiger partial charge in [-0.05, 0) is 75.3 Å². The van der Waals surface area contributed by atoms with E-state index in [0.29, 0.717) is 23.4 Å². The summed E-state index contributed by atoms with van der Waals surface area (Å²) in [7, 11) is 7.20. The normalized spacial score (nSPS) is 11.8. The van der Waals surface area contributed by atoms with Gasteiger partial charge in [0, 0.05) is 25.2 Å². The number of benzene rings is 2. The second kappa shape index (κ2) is 10.1. The third kappa shape index (κ3) is 5.57. The summed E-state index contributed by atoms with van der Waals surface area (Å²) in [5, 5.41) is 5.70. The zero-order chi connectivity index (χ0) is 21.6. The summed E-state index contributed by atoms with van der Waals surface area (Å²) in [6.07, 6.45) is 0.769. The van der Waals surface area contributed by atoms with Crippen molar-refractivity contribution in [3.63, 3.8) is 0 Å². The SMILES string of the molecule is CNC(=O)c1cc(C)c(CC(CNC(=O)c2ccccc2OC)N(C)C)c(C)c1. The van der Waals surface area contributed by atoms with Crippen molar-refractivity contribution < 1.29 is 14.3 Å². The highest BCUT2D eigenvalue weighted by Gasteiger charge is 2.19. The maximum atomic E-state index is 12.6. The Bertz CT molecular complexity index is 854. The van der Waals surface area contributed by atoms with Crippen molar-refractivity contribution in [3.05, 3.63) is 64.2 Å². The molecule has 0 spiro atoms. The van der Waals surface area contributed by atoms with Gasteiger partial charge in [-0.25, -0.2) is 0 Å². The van der Waals surface area contributed by atoms with Crippen LogP contribution in [0.4, 0.5) is 0 Å². The van der Waals surface area contributed by atoms with E-state index < -0.39 is 0 Å². The number of carbonyl (C=O) groups is 2. The molecular weight excluding hydrogens is 366 g/mol. The van der Waals surface area contributed by atoms with Gasteiger partial charge < -0.3 is 20.3 Å². The number of nitrogens with one attached hydrogen (secondary N) is 2. The predicted molar refractivity (Wildman–Crippen MR) is 116 cm³/mol. The fourth-order valence-corrected chi connectivity index (χ4v) is 3.40. The molecule has 2 aromatic rings. The summed E-state index contributed by atoms with van der Waals surface area (Å²) in [5.74, 6) is 0.316. The maximum absolute atomic E-state index is 12.6. The largest absolute Gasteiger partial charge is 0.496 e. The molecule has 2 amide bonds. The first-order valence-corrected chi connectivity index (χ1v) is 9.68. The first-order chi connectivity index (χ1) is 13.8. The minimum Gasteiger partial charge on any atom is -0.496 e. The second-order valence-electron chi connectivity index (χ2n) is 7.40. The van der Waals surface area contributed by atoms with Crippen LogP contribution < -0.4 is 15.4 Å². The van der Waals surface area contributed by atoms with Crippen LogP contribution in [0.1, 0.15) is 37.4 Å². The van der Waals surface area contributed by atoms with Crippen LogP contribution in [-0.2, 0) is 6.42 Å². The molecule has 0 fully saturated rings. The molecule has 6 heteroatoms. The van der Waals surface area contributed by atoms with Gasteiger partial charge in [0.2, 0.25) is 0 Å². The molecule has 2 rings (SSSR count). The van der Waals surface area contributed by atoms with Gasteiger partial charge in [0.15, 0.2) is 0 Å². The molecule has 1 atom stereocenters. The summed E-state index contributed by atoms with van der Waals surface area (Å²) in [6.45, 7) is 4.55. The van der Waals surface area contributed by atoms with Gasteiger partial charge in [-0.2, -0.15) is 0 Å². The first kappa shape index (κ1) is 22.4. The zero-order valence-corrected chi connectivity index (χ0v) is 18.1. The Balaban J connectivity index is 2.15. The third-order valence-corrected chi connectivity index (χ3v) is 5.21. The fourth-order valence-electron chi connectivity index (χ4n) is 3.40. The Morgan fingerprint density at radius 3 is 2.24 bits per heavy atom. The van der Waals surface area contributed by atoms with Gasteiger partial charge in [0.1, 0.15) is 5.75 Å². The number of aryl methyl sites for hydroxylation is 2. The van der Waals surface area contributed by atoms with Crippen LogP contribution in [0.5, 0.6) is 5.75 Å². The Morgan fingerprint density at radius 2 is 1.69 bits per heavy atom. The van der Waals surface area contributed by atoms with Crippen molar-refractivity contribution >= 4 is 11.8 Å². The Labute approximate surface area is 173 Å². The van der Waals surface area contributed by atoms with Gasteiger partial charge in [0.25, 0.3) is 11.8 Å². The molecule has 2 N–H and O–H groups in total. The quantitative estimate of drug-likeness (QED) is 0.718. The molecule has 0 aliphatic carbocycles. The third-order valence-electron chi connectivity index (χ3n) is 5.21. The number of ether oxygens (including phenoxy) is 1. The van der Waals surface area contributed by atoms with Crippen molar-refractivity contribution in [1.82, 2.24) is 15.5 Å². The molecule has 1 unspecified atom stereocenters. The average molecular weight is 398 g/mol. The molecule has 0 aliphatic rings. The molecule has 0 bridgehead atoms. The van der Waals surface area contributed by atoms with E-state index in [1.54, 1.807) is 26.3 Å². The molecule has 0 heterocycles. The van der Waals surface area contributed by atoms with Crippen molar-refractivity contribution in [3.8, 4) is 5.75 Å². The number of nitrogens with zero attached hydrogens (tertiary/aromatic N) is 1. The van der Waals surface area contributed by atoms with Gasteiger partial charge >= 0.3 is 0 Å². The zero-order valence-electron chi connectivity index (χ0n) is 18.1. The van der Waals surface area contributed by atoms with Crippen LogP contribution in [0, 0.1) is 13.8 Å². The van der Waals surface area contributed by atoms with Crippen molar-refractivity contribution in [2.75, 3.05) is 34.8 Å². The van der Waals surface area contributed by atoms with Crippen LogP contribution in [0.2, 0.25) is 0 Å². The van der Waals surface area contributed by atoms with Gasteiger partial charge in [0.05, 0.1) is 12.7 Å². The van der Waals surface area contributed by atoms with E-state index in [4.69, 9.17) is 4.74 Å². The molecule has 0 saturated heterocycles. The summed E-state index contributed by atoms with van der Waals surface area (Å²) >= 11 is 0. The number of hydrogen-bond donors (Lipinski definition) is 2. The lowest BCUT2D eigenvalue weighted by Crippen LogP contribution is -2.42. The maximum Gasteiger partial charge on any atom is 0.255 e. The highest BCUT2D eigenvalue weighted by Crippen LogP contribution is 2.20. The minimum absolute atomic E-state index is 0.0871. The number of hydrogen-bond acceptors (Lipinski definition) is 4. The molecule has 0 aromatic heterocycles. The standard InChI is InChI=1S/C23H31N3O3/c1-15-11-17(22(27)24-3)12-16(2)20(15)13-18(26(4)5)14-25-23(28)19-9-7-8-10-21(19)29-6/h7-12,18H,13-14H2,1-6H3,(H,24,27)(H,25,28). The number of amides is 2. The van der Waals surface area contributed by atoms with Crippen LogP contribution in [0.25, 0.3) is 0 Å². The number of para-hydroxylation sites is 1. The number of carbonyl (C=O) groups excluding carboxylic acids is 2. The van der Waals surface area contributed by atoms with E-state index in [1.165, 1.54) is 5.56 Å². The summed E-state index contributed by atoms with van der Waals surface area (Å²) in [4.78, 5) is 26.7. The number of methoxy groups -OCH3 is 1. The van der Waals surface area contributed by atoms with E-state index >= 15 is 0 Å². The lowest BCUT2D eigenvalue weighted by atomic mass is 9.93. The fraction of sp³-hybridized carbons (Fsp3) is 0.391. The molecule has 6 nitrogen and oxygen atoms in total. The van der Waals surface area contributed by atoms with Crippen LogP contribution in [0.3, 0.4) is 0 Å². The molecule has 156 valence electrons. The molecule has 2 aromatic carbocycles. The van der Waals surface area contributed by atoms with E-state index in [2.05, 4.69) is 15.5 Å². The van der Waals surface area contributed by atoms with Crippen molar-refractivity contribution in [1.29, 1.82) is 0 Å². The van der Waals surface area contributed by atoms with Crippen molar-refractivity contribution in [2.45, 2.75) is 26.3 Å². The lowest BCUT2D eigenvalue weighted by molar-refractivity contribution is 0.0936. The highest BCUT2D eigenvalue weighted by atomic mass is 16.5. The number of likely N-dealkylation sites (N-methyl/N-ethyl adjacent to an activating group) is 1. The molecule has 0 radical (unpaired) electrons. The molecular formula is C23H31N3O3. The smallest absolute Gasteiger partial charge is 0.255 e. The number of rotatable bonds is 8. The van der Waals surface area contributed by atoms with E-state index in [0.717, 1.165) is 17.5 Å². The Hall–Kier alpha value is -2.86. The van der Waals surface area contributed by atoms with Crippen molar-refractivity contribution in [2.24, 2.45) is 0 Å². The predicted octanol–water partition coefficient (Wildman–Crippen LogP) is 2.57. The molecule has 0 saturated carbocycles. The van der Waals surface area contributed by atoms with Crippen LogP contribution in [-0.4, -0.2) is 57.6 Å². The van der Waals surface area contributed by atoms with Gasteiger partial charge in [-0.15, -0.1) is 0 Å². The minimum atomic E-state index is -0.155. The van der Waals surface area contributed by atoms with Crippen LogP contribution >= 0.6 is 0 Å². The Kier molecular flexibility index (Phi) is 7.79. The summed E-state index contributed by atoms with van der Waals surface area (Å²) in [6, 6.07) is 11.1.